The van der Waals surface area contributed by atoms with Crippen LogP contribution in [-0.4, -0.2) is 50.5 Å². The van der Waals surface area contributed by atoms with Gasteiger partial charge in [0, 0.05) is 17.5 Å². The van der Waals surface area contributed by atoms with Crippen LogP contribution in [0.15, 0.2) is 42.7 Å². The maximum Gasteiger partial charge on any atom is 0.274 e. The summed E-state index contributed by atoms with van der Waals surface area (Å²) in [5.74, 6) is -0.876. The van der Waals surface area contributed by atoms with Crippen molar-refractivity contribution in [1.82, 2.24) is 14.9 Å². The molecule has 0 unspecified atom stereocenters. The molecule has 3 N–H and O–H groups in total. The predicted octanol–water partition coefficient (Wildman–Crippen LogP) is 1.17. The number of fused-ring (bicyclic) bond motifs is 2. The van der Waals surface area contributed by atoms with Crippen molar-refractivity contribution in [1.29, 1.82) is 0 Å². The third-order valence-corrected chi connectivity index (χ3v) is 5.92. The molecular formula is C20H22N4O3. The Balaban J connectivity index is 1.59. The van der Waals surface area contributed by atoms with E-state index in [0.29, 0.717) is 0 Å². The Morgan fingerprint density at radius 3 is 2.48 bits per heavy atom. The second-order valence-corrected chi connectivity index (χ2v) is 7.50. The van der Waals surface area contributed by atoms with E-state index in [1.54, 1.807) is 0 Å². The standard InChI is InChI=1S/C20H22N4O3/c21-18(26)15-10-23-16(11-22-15)19(27)24-14-6-7-17(24)20(9-14,12-25)8-13-4-2-1-3-5-13/h1-5,10-11,14,17,25H,6-9,12H2,(H2,21,26)/t14-,17+,20-/m0/s1. The fourth-order valence-corrected chi connectivity index (χ4v) is 4.71. The molecule has 2 aliphatic rings. The van der Waals surface area contributed by atoms with Crippen LogP contribution in [0.2, 0.25) is 0 Å². The van der Waals surface area contributed by atoms with Gasteiger partial charge in [0.1, 0.15) is 11.4 Å². The fourth-order valence-electron chi connectivity index (χ4n) is 4.71. The number of hydrogen-bond donors (Lipinski definition) is 2. The molecular weight excluding hydrogens is 344 g/mol. The van der Waals surface area contributed by atoms with E-state index < -0.39 is 5.91 Å². The van der Waals surface area contributed by atoms with Crippen molar-refractivity contribution in [2.45, 2.75) is 37.8 Å². The van der Waals surface area contributed by atoms with Gasteiger partial charge < -0.3 is 15.7 Å². The molecule has 0 aliphatic carbocycles. The van der Waals surface area contributed by atoms with Crippen molar-refractivity contribution < 1.29 is 14.7 Å². The van der Waals surface area contributed by atoms with Crippen molar-refractivity contribution >= 4 is 11.8 Å². The van der Waals surface area contributed by atoms with Gasteiger partial charge in [0.25, 0.3) is 11.8 Å². The summed E-state index contributed by atoms with van der Waals surface area (Å²) in [7, 11) is 0. The average Bonchev–Trinajstić information content (AvgIpc) is 3.24. The number of carbonyl (C=O) groups is 2. The molecule has 0 radical (unpaired) electrons. The van der Waals surface area contributed by atoms with Crippen LogP contribution >= 0.6 is 0 Å². The van der Waals surface area contributed by atoms with Crippen LogP contribution in [0, 0.1) is 5.41 Å². The molecule has 2 fully saturated rings. The van der Waals surface area contributed by atoms with Gasteiger partial charge in [-0.25, -0.2) is 9.97 Å². The molecule has 2 bridgehead atoms. The van der Waals surface area contributed by atoms with Crippen LogP contribution in [0.3, 0.4) is 0 Å². The summed E-state index contributed by atoms with van der Waals surface area (Å²) in [6, 6.07) is 10.1. The summed E-state index contributed by atoms with van der Waals surface area (Å²) in [5, 5.41) is 10.3. The molecule has 0 spiro atoms. The van der Waals surface area contributed by atoms with Crippen LogP contribution in [-0.2, 0) is 6.42 Å². The summed E-state index contributed by atoms with van der Waals surface area (Å²) in [4.78, 5) is 34.1. The number of carbonyl (C=O) groups excluding carboxylic acids is 2. The third kappa shape index (κ3) is 2.98. The van der Waals surface area contributed by atoms with Gasteiger partial charge in [0.05, 0.1) is 19.0 Å². The Hall–Kier alpha value is -2.80. The molecule has 3 atom stereocenters. The lowest BCUT2D eigenvalue weighted by Crippen LogP contribution is -2.44. The lowest BCUT2D eigenvalue weighted by molar-refractivity contribution is 0.0566. The second kappa shape index (κ2) is 6.74. The van der Waals surface area contributed by atoms with Gasteiger partial charge in [-0.15, -0.1) is 0 Å². The van der Waals surface area contributed by atoms with Crippen LogP contribution < -0.4 is 5.73 Å². The van der Waals surface area contributed by atoms with Crippen LogP contribution in [0.1, 0.15) is 45.8 Å². The molecule has 7 heteroatoms. The minimum Gasteiger partial charge on any atom is -0.396 e. The van der Waals surface area contributed by atoms with Crippen molar-refractivity contribution in [3.8, 4) is 0 Å². The van der Waals surface area contributed by atoms with E-state index in [4.69, 9.17) is 5.73 Å². The van der Waals surface area contributed by atoms with Gasteiger partial charge in [-0.3, -0.25) is 9.59 Å². The second-order valence-electron chi connectivity index (χ2n) is 7.50. The number of rotatable bonds is 5. The van der Waals surface area contributed by atoms with E-state index in [0.717, 1.165) is 31.2 Å². The Morgan fingerprint density at radius 1 is 1.15 bits per heavy atom. The number of aromatic nitrogens is 2. The molecule has 2 aromatic rings. The van der Waals surface area contributed by atoms with E-state index in [2.05, 4.69) is 22.1 Å². The molecule has 4 rings (SSSR count). The SMILES string of the molecule is NC(=O)c1cnc(C(=O)N2[C@H]3CC[C@@H]2[C@@](CO)(Cc2ccccc2)C3)cn1. The highest BCUT2D eigenvalue weighted by atomic mass is 16.3. The lowest BCUT2D eigenvalue weighted by atomic mass is 9.70. The quantitative estimate of drug-likeness (QED) is 0.826. The number of benzene rings is 1. The summed E-state index contributed by atoms with van der Waals surface area (Å²) in [6.45, 7) is 0.0408. The Bertz CT molecular complexity index is 855. The van der Waals surface area contributed by atoms with Gasteiger partial charge in [-0.2, -0.15) is 0 Å². The summed E-state index contributed by atoms with van der Waals surface area (Å²) in [5.41, 5.74) is 6.24. The number of aliphatic hydroxyl groups is 1. The molecule has 1 aromatic carbocycles. The van der Waals surface area contributed by atoms with E-state index in [1.807, 2.05) is 23.1 Å². The summed E-state index contributed by atoms with van der Waals surface area (Å²) in [6.07, 6.45) is 5.86. The van der Waals surface area contributed by atoms with Crippen molar-refractivity contribution in [2.75, 3.05) is 6.61 Å². The highest BCUT2D eigenvalue weighted by Gasteiger charge is 2.57. The predicted molar refractivity (Wildman–Crippen MR) is 97.8 cm³/mol. The van der Waals surface area contributed by atoms with Crippen molar-refractivity contribution in [2.24, 2.45) is 11.1 Å². The highest BCUT2D eigenvalue weighted by molar-refractivity contribution is 5.94. The highest BCUT2D eigenvalue weighted by Crippen LogP contribution is 2.51. The first-order chi connectivity index (χ1) is 13.0. The first-order valence-electron chi connectivity index (χ1n) is 9.13. The number of hydrogen-bond acceptors (Lipinski definition) is 5. The zero-order valence-electron chi connectivity index (χ0n) is 14.9. The third-order valence-electron chi connectivity index (χ3n) is 5.92. The zero-order valence-corrected chi connectivity index (χ0v) is 14.9. The van der Waals surface area contributed by atoms with E-state index in [1.165, 1.54) is 12.4 Å². The first kappa shape index (κ1) is 17.6. The number of nitrogens with zero attached hydrogens (tertiary/aromatic N) is 3. The number of primary amides is 1. The van der Waals surface area contributed by atoms with Crippen LogP contribution in [0.4, 0.5) is 0 Å². The summed E-state index contributed by atoms with van der Waals surface area (Å²) >= 11 is 0. The van der Waals surface area contributed by atoms with Gasteiger partial charge in [-0.1, -0.05) is 30.3 Å². The molecule has 2 amide bonds. The van der Waals surface area contributed by atoms with E-state index >= 15 is 0 Å². The zero-order chi connectivity index (χ0) is 19.0. The van der Waals surface area contributed by atoms with Gasteiger partial charge in [-0.05, 0) is 31.2 Å². The van der Waals surface area contributed by atoms with E-state index in [9.17, 15) is 14.7 Å². The Labute approximate surface area is 157 Å². The normalized spacial score (nSPS) is 26.3. The maximum atomic E-state index is 13.1. The Morgan fingerprint density at radius 2 is 1.85 bits per heavy atom. The number of nitrogens with two attached hydrogens (primary N) is 1. The van der Waals surface area contributed by atoms with Gasteiger partial charge >= 0.3 is 0 Å². The van der Waals surface area contributed by atoms with Crippen molar-refractivity contribution in [3.63, 3.8) is 0 Å². The first-order valence-corrected chi connectivity index (χ1v) is 9.13. The molecule has 27 heavy (non-hydrogen) atoms. The smallest absolute Gasteiger partial charge is 0.274 e. The monoisotopic (exact) mass is 366 g/mol. The Kier molecular flexibility index (Phi) is 4.39. The molecule has 3 heterocycles. The van der Waals surface area contributed by atoms with Gasteiger partial charge in [0.2, 0.25) is 0 Å². The molecule has 1 aromatic heterocycles. The van der Waals surface area contributed by atoms with Crippen LogP contribution in [0.25, 0.3) is 0 Å². The molecule has 2 saturated heterocycles. The fraction of sp³-hybridized carbons (Fsp3) is 0.400. The average molecular weight is 366 g/mol. The topological polar surface area (TPSA) is 109 Å². The lowest BCUT2D eigenvalue weighted by Gasteiger charge is -2.36. The molecule has 7 nitrogen and oxygen atoms in total. The number of amides is 2. The number of aliphatic hydroxyl groups excluding tert-OH is 1. The minimum atomic E-state index is -0.676. The maximum absolute atomic E-state index is 13.1. The van der Waals surface area contributed by atoms with Gasteiger partial charge in [0.15, 0.2) is 0 Å². The van der Waals surface area contributed by atoms with Crippen molar-refractivity contribution in [3.05, 3.63) is 59.7 Å². The molecule has 2 aliphatic heterocycles. The molecule has 0 saturated carbocycles. The largest absolute Gasteiger partial charge is 0.396 e. The van der Waals surface area contributed by atoms with Crippen LogP contribution in [0.5, 0.6) is 0 Å². The minimum absolute atomic E-state index is 0.0298. The summed E-state index contributed by atoms with van der Waals surface area (Å²) < 4.78 is 0. The van der Waals surface area contributed by atoms with E-state index in [-0.39, 0.29) is 41.4 Å². The molecule has 140 valence electrons.